The Labute approximate surface area is 178 Å². The van der Waals surface area contributed by atoms with Crippen molar-refractivity contribution < 1.29 is 22.4 Å². The van der Waals surface area contributed by atoms with Crippen molar-refractivity contribution in [2.75, 3.05) is 0 Å². The molecular weight excluding hydrogens is 423 g/mol. The molecule has 2 aromatic carbocycles. The number of nitrogens with zero attached hydrogens (tertiary/aromatic N) is 3. The molecular formula is C21H19FN4O4S. The molecule has 4 rings (SSSR count). The third-order valence-corrected chi connectivity index (χ3v) is 6.75. The SMILES string of the molecule is O=C(NOCc1ccccc1)C1Cc2nccnc2CN1S(=O)(=O)c1ccc(F)cc1. The van der Waals surface area contributed by atoms with Gasteiger partial charge < -0.3 is 0 Å². The van der Waals surface area contributed by atoms with Crippen molar-refractivity contribution >= 4 is 15.9 Å². The van der Waals surface area contributed by atoms with Crippen LogP contribution in [0, 0.1) is 5.82 Å². The lowest BCUT2D eigenvalue weighted by molar-refractivity contribution is -0.139. The fraction of sp³-hybridized carbons (Fsp3) is 0.190. The minimum Gasteiger partial charge on any atom is -0.271 e. The Morgan fingerprint density at radius 3 is 2.45 bits per heavy atom. The van der Waals surface area contributed by atoms with Crippen molar-refractivity contribution in [2.45, 2.75) is 30.5 Å². The maximum Gasteiger partial charge on any atom is 0.262 e. The van der Waals surface area contributed by atoms with Gasteiger partial charge in [-0.1, -0.05) is 30.3 Å². The molecule has 0 saturated carbocycles. The van der Waals surface area contributed by atoms with E-state index in [0.29, 0.717) is 11.4 Å². The summed E-state index contributed by atoms with van der Waals surface area (Å²) in [6, 6.07) is 12.6. The molecule has 1 atom stereocenters. The van der Waals surface area contributed by atoms with Crippen LogP contribution in [-0.4, -0.2) is 34.6 Å². The second kappa shape index (κ2) is 8.88. The van der Waals surface area contributed by atoms with Gasteiger partial charge in [0, 0.05) is 18.8 Å². The lowest BCUT2D eigenvalue weighted by Gasteiger charge is -2.33. The van der Waals surface area contributed by atoms with Gasteiger partial charge in [0.05, 0.1) is 29.4 Å². The van der Waals surface area contributed by atoms with Crippen LogP contribution in [0.2, 0.25) is 0 Å². The molecule has 31 heavy (non-hydrogen) atoms. The van der Waals surface area contributed by atoms with Crippen molar-refractivity contribution in [3.8, 4) is 0 Å². The van der Waals surface area contributed by atoms with Crippen molar-refractivity contribution in [3.63, 3.8) is 0 Å². The van der Waals surface area contributed by atoms with Gasteiger partial charge in [-0.2, -0.15) is 4.31 Å². The number of rotatable bonds is 6. The summed E-state index contributed by atoms with van der Waals surface area (Å²) < 4.78 is 40.8. The van der Waals surface area contributed by atoms with Crippen LogP contribution in [-0.2, 0) is 39.2 Å². The fourth-order valence-corrected chi connectivity index (χ4v) is 4.84. The summed E-state index contributed by atoms with van der Waals surface area (Å²) in [6.07, 6.45) is 2.98. The largest absolute Gasteiger partial charge is 0.271 e. The van der Waals surface area contributed by atoms with Gasteiger partial charge in [0.2, 0.25) is 10.0 Å². The van der Waals surface area contributed by atoms with Crippen LogP contribution >= 0.6 is 0 Å². The average molecular weight is 442 g/mol. The molecule has 160 valence electrons. The minimum atomic E-state index is -4.11. The van der Waals surface area contributed by atoms with E-state index in [4.69, 9.17) is 4.84 Å². The third kappa shape index (κ3) is 4.61. The number of amides is 1. The molecule has 0 spiro atoms. The summed E-state index contributed by atoms with van der Waals surface area (Å²) in [4.78, 5) is 26.5. The number of carbonyl (C=O) groups is 1. The van der Waals surface area contributed by atoms with Gasteiger partial charge in [0.15, 0.2) is 0 Å². The van der Waals surface area contributed by atoms with Crippen LogP contribution in [0.3, 0.4) is 0 Å². The Balaban J connectivity index is 1.58. The molecule has 1 aromatic heterocycles. The van der Waals surface area contributed by atoms with Crippen LogP contribution in [0.1, 0.15) is 17.0 Å². The monoisotopic (exact) mass is 442 g/mol. The summed E-state index contributed by atoms with van der Waals surface area (Å²) in [7, 11) is -4.11. The zero-order valence-corrected chi connectivity index (χ0v) is 17.1. The Kier molecular flexibility index (Phi) is 6.03. The summed E-state index contributed by atoms with van der Waals surface area (Å²) >= 11 is 0. The maximum absolute atomic E-state index is 13.3. The molecule has 0 fully saturated rings. The lowest BCUT2D eigenvalue weighted by Crippen LogP contribution is -2.52. The summed E-state index contributed by atoms with van der Waals surface area (Å²) in [6.45, 7) is -0.0138. The Morgan fingerprint density at radius 2 is 1.74 bits per heavy atom. The van der Waals surface area contributed by atoms with Crippen LogP contribution in [0.4, 0.5) is 4.39 Å². The van der Waals surface area contributed by atoms with E-state index in [-0.39, 0.29) is 24.5 Å². The van der Waals surface area contributed by atoms with Gasteiger partial charge in [-0.05, 0) is 29.8 Å². The fourth-order valence-electron chi connectivity index (χ4n) is 3.29. The maximum atomic E-state index is 13.3. The van der Waals surface area contributed by atoms with E-state index in [2.05, 4.69) is 15.4 Å². The van der Waals surface area contributed by atoms with E-state index in [1.807, 2.05) is 30.3 Å². The summed E-state index contributed by atoms with van der Waals surface area (Å²) in [5.74, 6) is -1.18. The number of nitrogens with one attached hydrogen (secondary N) is 1. The van der Waals surface area contributed by atoms with Gasteiger partial charge in [0.25, 0.3) is 5.91 Å². The van der Waals surface area contributed by atoms with Crippen LogP contribution in [0.5, 0.6) is 0 Å². The average Bonchev–Trinajstić information content (AvgIpc) is 2.79. The number of carbonyl (C=O) groups excluding carboxylic acids is 1. The number of fused-ring (bicyclic) bond motifs is 1. The molecule has 0 bridgehead atoms. The summed E-state index contributed by atoms with van der Waals surface area (Å²) in [5, 5.41) is 0. The van der Waals surface area contributed by atoms with Gasteiger partial charge in [-0.3, -0.25) is 19.6 Å². The van der Waals surface area contributed by atoms with E-state index in [1.165, 1.54) is 12.4 Å². The molecule has 1 N–H and O–H groups in total. The Hall–Kier alpha value is -3.21. The zero-order chi connectivity index (χ0) is 21.8. The van der Waals surface area contributed by atoms with Crippen molar-refractivity contribution in [1.29, 1.82) is 0 Å². The molecule has 3 aromatic rings. The number of hydrogen-bond donors (Lipinski definition) is 1. The number of hydroxylamine groups is 1. The molecule has 1 unspecified atom stereocenters. The first kappa shape index (κ1) is 21.0. The highest BCUT2D eigenvalue weighted by molar-refractivity contribution is 7.89. The first-order valence-electron chi connectivity index (χ1n) is 9.47. The molecule has 0 saturated heterocycles. The molecule has 8 nitrogen and oxygen atoms in total. The normalized spacial score (nSPS) is 16.5. The van der Waals surface area contributed by atoms with E-state index in [0.717, 1.165) is 34.1 Å². The second-order valence-electron chi connectivity index (χ2n) is 6.91. The quantitative estimate of drug-likeness (QED) is 0.586. The first-order valence-corrected chi connectivity index (χ1v) is 10.9. The molecule has 10 heteroatoms. The number of sulfonamides is 1. The van der Waals surface area contributed by atoms with E-state index in [9.17, 15) is 17.6 Å². The Bertz CT molecular complexity index is 1170. The van der Waals surface area contributed by atoms with Crippen molar-refractivity contribution in [3.05, 3.63) is 89.8 Å². The smallest absolute Gasteiger partial charge is 0.262 e. The lowest BCUT2D eigenvalue weighted by atomic mass is 10.0. The van der Waals surface area contributed by atoms with Crippen LogP contribution in [0.25, 0.3) is 0 Å². The zero-order valence-electron chi connectivity index (χ0n) is 16.3. The molecule has 0 radical (unpaired) electrons. The van der Waals surface area contributed by atoms with E-state index in [1.54, 1.807) is 0 Å². The van der Waals surface area contributed by atoms with Crippen molar-refractivity contribution in [2.24, 2.45) is 0 Å². The van der Waals surface area contributed by atoms with E-state index >= 15 is 0 Å². The molecule has 1 aliphatic rings. The highest BCUT2D eigenvalue weighted by atomic mass is 32.2. The predicted octanol–water partition coefficient (Wildman–Crippen LogP) is 1.98. The standard InChI is InChI=1S/C21H19FN4O4S/c22-16-6-8-17(9-7-16)31(28,29)26-13-19-18(23-10-11-24-19)12-20(26)21(27)25-30-14-15-4-2-1-3-5-15/h1-11,20H,12-14H2,(H,25,27). The third-order valence-electron chi connectivity index (χ3n) is 4.88. The minimum absolute atomic E-state index is 0.0319. The summed E-state index contributed by atoms with van der Waals surface area (Å²) in [5.41, 5.74) is 4.19. The number of hydrogen-bond acceptors (Lipinski definition) is 6. The molecule has 1 aliphatic heterocycles. The van der Waals surface area contributed by atoms with Gasteiger partial charge in [-0.25, -0.2) is 18.3 Å². The predicted molar refractivity (Wildman–Crippen MR) is 108 cm³/mol. The highest BCUT2D eigenvalue weighted by Gasteiger charge is 2.41. The number of halogens is 1. The Morgan fingerprint density at radius 1 is 1.06 bits per heavy atom. The van der Waals surface area contributed by atoms with Gasteiger partial charge >= 0.3 is 0 Å². The van der Waals surface area contributed by atoms with Crippen molar-refractivity contribution in [1.82, 2.24) is 19.8 Å². The van der Waals surface area contributed by atoms with Gasteiger partial charge in [-0.15, -0.1) is 0 Å². The number of benzene rings is 2. The first-order chi connectivity index (χ1) is 14.9. The van der Waals surface area contributed by atoms with Crippen LogP contribution in [0.15, 0.2) is 71.9 Å². The second-order valence-corrected chi connectivity index (χ2v) is 8.80. The van der Waals surface area contributed by atoms with E-state index < -0.39 is 27.8 Å². The van der Waals surface area contributed by atoms with Crippen LogP contribution < -0.4 is 5.48 Å². The molecule has 1 amide bonds. The molecule has 0 aliphatic carbocycles. The number of aromatic nitrogens is 2. The topological polar surface area (TPSA) is 101 Å². The highest BCUT2D eigenvalue weighted by Crippen LogP contribution is 2.27. The molecule has 2 heterocycles. The van der Waals surface area contributed by atoms with Gasteiger partial charge in [0.1, 0.15) is 11.9 Å².